The van der Waals surface area contributed by atoms with Gasteiger partial charge in [-0.1, -0.05) is 24.3 Å². The normalized spacial score (nSPS) is 10.6. The lowest BCUT2D eigenvalue weighted by molar-refractivity contribution is -0.114. The minimum Gasteiger partial charge on any atom is -0.469 e. The molecule has 126 valence electrons. The summed E-state index contributed by atoms with van der Waals surface area (Å²) in [5.41, 5.74) is 2.22. The van der Waals surface area contributed by atoms with Crippen molar-refractivity contribution in [3.8, 4) is 0 Å². The summed E-state index contributed by atoms with van der Waals surface area (Å²) in [7, 11) is 0. The van der Waals surface area contributed by atoms with Gasteiger partial charge in [0.05, 0.1) is 6.26 Å². The third kappa shape index (κ3) is 3.77. The van der Waals surface area contributed by atoms with Gasteiger partial charge in [-0.2, -0.15) is 5.10 Å². The maximum absolute atomic E-state index is 12.1. The van der Waals surface area contributed by atoms with Gasteiger partial charge in [0, 0.05) is 24.0 Å². The summed E-state index contributed by atoms with van der Waals surface area (Å²) < 4.78 is 5.45. The van der Waals surface area contributed by atoms with Crippen LogP contribution in [0.2, 0.25) is 0 Å². The highest BCUT2D eigenvalue weighted by Gasteiger charge is 2.21. The molecule has 0 saturated carbocycles. The Labute approximate surface area is 143 Å². The first-order valence-electron chi connectivity index (χ1n) is 7.62. The minimum atomic E-state index is -0.713. The number of H-pyrrole nitrogens is 1. The second-order valence-corrected chi connectivity index (χ2v) is 5.56. The van der Waals surface area contributed by atoms with Crippen molar-refractivity contribution >= 4 is 17.3 Å². The van der Waals surface area contributed by atoms with Crippen LogP contribution in [0.25, 0.3) is 0 Å². The number of Topliss-reactive ketones (excluding diaryl/α,β-unsaturated/α-hetero) is 3. The molecule has 0 aliphatic rings. The summed E-state index contributed by atoms with van der Waals surface area (Å²) >= 11 is 0. The zero-order valence-electron chi connectivity index (χ0n) is 13.5. The van der Waals surface area contributed by atoms with E-state index in [0.29, 0.717) is 23.3 Å². The van der Waals surface area contributed by atoms with Crippen molar-refractivity contribution in [2.75, 3.05) is 0 Å². The molecule has 0 fully saturated rings. The van der Waals surface area contributed by atoms with Gasteiger partial charge in [0.25, 0.3) is 5.78 Å². The van der Waals surface area contributed by atoms with Gasteiger partial charge >= 0.3 is 0 Å². The third-order valence-corrected chi connectivity index (χ3v) is 3.80. The van der Waals surface area contributed by atoms with Gasteiger partial charge in [-0.15, -0.1) is 0 Å². The molecule has 0 bridgehead atoms. The fourth-order valence-electron chi connectivity index (χ4n) is 2.42. The second-order valence-electron chi connectivity index (χ2n) is 5.56. The molecule has 0 radical (unpaired) electrons. The lowest BCUT2D eigenvalue weighted by atomic mass is 10.0. The molecule has 3 rings (SSSR count). The molecule has 0 atom stereocenters. The molecule has 2 heterocycles. The third-order valence-electron chi connectivity index (χ3n) is 3.80. The van der Waals surface area contributed by atoms with Crippen LogP contribution in [0.3, 0.4) is 0 Å². The SMILES string of the molecule is CC(=O)c1ccc(Cc2occc2CC(=O)C(=O)c2ncn[nH]2)cc1. The van der Waals surface area contributed by atoms with E-state index in [1.807, 2.05) is 12.1 Å². The number of ketones is 3. The monoisotopic (exact) mass is 337 g/mol. The van der Waals surface area contributed by atoms with Crippen molar-refractivity contribution in [1.29, 1.82) is 0 Å². The largest absolute Gasteiger partial charge is 0.469 e. The summed E-state index contributed by atoms with van der Waals surface area (Å²) in [6.07, 6.45) is 3.05. The number of carbonyl (C=O) groups excluding carboxylic acids is 3. The van der Waals surface area contributed by atoms with Crippen molar-refractivity contribution in [2.45, 2.75) is 19.8 Å². The fraction of sp³-hybridized carbons (Fsp3) is 0.167. The Hall–Kier alpha value is -3.35. The maximum Gasteiger partial charge on any atom is 0.265 e. The van der Waals surface area contributed by atoms with Gasteiger partial charge in [0.2, 0.25) is 5.78 Å². The Morgan fingerprint density at radius 2 is 1.88 bits per heavy atom. The van der Waals surface area contributed by atoms with E-state index in [2.05, 4.69) is 15.2 Å². The van der Waals surface area contributed by atoms with E-state index in [1.165, 1.54) is 19.5 Å². The predicted molar refractivity (Wildman–Crippen MR) is 87.4 cm³/mol. The number of nitrogens with zero attached hydrogens (tertiary/aromatic N) is 2. The Balaban J connectivity index is 1.71. The zero-order valence-corrected chi connectivity index (χ0v) is 13.5. The first-order chi connectivity index (χ1) is 12.0. The number of hydrogen-bond acceptors (Lipinski definition) is 6. The summed E-state index contributed by atoms with van der Waals surface area (Å²) in [4.78, 5) is 39.1. The molecular weight excluding hydrogens is 322 g/mol. The summed E-state index contributed by atoms with van der Waals surface area (Å²) in [5, 5.41) is 5.95. The van der Waals surface area contributed by atoms with Gasteiger partial charge < -0.3 is 4.42 Å². The van der Waals surface area contributed by atoms with E-state index in [4.69, 9.17) is 4.42 Å². The topological polar surface area (TPSA) is 106 Å². The highest BCUT2D eigenvalue weighted by molar-refractivity contribution is 6.43. The van der Waals surface area contributed by atoms with Gasteiger partial charge in [0.1, 0.15) is 12.1 Å². The molecule has 0 unspecified atom stereocenters. The minimum absolute atomic E-state index is 0.00163. The van der Waals surface area contributed by atoms with Crippen molar-refractivity contribution in [2.24, 2.45) is 0 Å². The maximum atomic E-state index is 12.1. The molecule has 25 heavy (non-hydrogen) atoms. The number of hydrogen-bond donors (Lipinski definition) is 1. The molecular formula is C18H15N3O4. The van der Waals surface area contributed by atoms with Crippen LogP contribution >= 0.6 is 0 Å². The molecule has 3 aromatic rings. The smallest absolute Gasteiger partial charge is 0.265 e. The number of carbonyl (C=O) groups is 3. The first kappa shape index (κ1) is 16.5. The van der Waals surface area contributed by atoms with Crippen LogP contribution in [-0.4, -0.2) is 32.5 Å². The lowest BCUT2D eigenvalue weighted by Gasteiger charge is -2.03. The highest BCUT2D eigenvalue weighted by Crippen LogP contribution is 2.18. The molecule has 0 saturated heterocycles. The molecule has 0 amide bonds. The van der Waals surface area contributed by atoms with Crippen LogP contribution in [0.4, 0.5) is 0 Å². The Bertz CT molecular complexity index is 908. The van der Waals surface area contributed by atoms with Crippen LogP contribution < -0.4 is 0 Å². The number of nitrogens with one attached hydrogen (secondary N) is 1. The number of aromatic nitrogens is 3. The van der Waals surface area contributed by atoms with E-state index >= 15 is 0 Å². The van der Waals surface area contributed by atoms with Gasteiger partial charge in [-0.25, -0.2) is 4.98 Å². The van der Waals surface area contributed by atoms with Gasteiger partial charge in [-0.3, -0.25) is 19.5 Å². The van der Waals surface area contributed by atoms with E-state index < -0.39 is 11.6 Å². The van der Waals surface area contributed by atoms with Crippen molar-refractivity contribution in [3.63, 3.8) is 0 Å². The average Bonchev–Trinajstić information content (AvgIpc) is 3.27. The number of benzene rings is 1. The van der Waals surface area contributed by atoms with E-state index in [0.717, 1.165) is 5.56 Å². The zero-order chi connectivity index (χ0) is 17.8. The first-order valence-corrected chi connectivity index (χ1v) is 7.62. The Morgan fingerprint density at radius 3 is 2.52 bits per heavy atom. The Kier molecular flexibility index (Phi) is 4.65. The van der Waals surface area contributed by atoms with Crippen LogP contribution in [0.15, 0.2) is 47.3 Å². The highest BCUT2D eigenvalue weighted by atomic mass is 16.3. The summed E-state index contributed by atoms with van der Waals surface area (Å²) in [6, 6.07) is 8.84. The average molecular weight is 337 g/mol. The Morgan fingerprint density at radius 1 is 1.12 bits per heavy atom. The standard InChI is InChI=1S/C18H15N3O4/c1-11(22)13-4-2-12(3-5-13)8-16-14(6-7-25-16)9-15(23)17(24)18-19-10-20-21-18/h2-7,10H,8-9H2,1H3,(H,19,20,21). The van der Waals surface area contributed by atoms with Gasteiger partial charge in [0.15, 0.2) is 11.6 Å². The van der Waals surface area contributed by atoms with Crippen LogP contribution in [0.5, 0.6) is 0 Å². The summed E-state index contributed by atoms with van der Waals surface area (Å²) in [6.45, 7) is 1.51. The van der Waals surface area contributed by atoms with E-state index in [9.17, 15) is 14.4 Å². The molecule has 2 aromatic heterocycles. The van der Waals surface area contributed by atoms with Crippen molar-refractivity contribution in [1.82, 2.24) is 15.2 Å². The molecule has 1 aromatic carbocycles. The quantitative estimate of drug-likeness (QED) is 0.523. The van der Waals surface area contributed by atoms with Gasteiger partial charge in [-0.05, 0) is 18.6 Å². The van der Waals surface area contributed by atoms with Crippen molar-refractivity contribution in [3.05, 3.63) is 71.2 Å². The molecule has 0 aliphatic carbocycles. The van der Waals surface area contributed by atoms with Crippen LogP contribution in [0.1, 0.15) is 44.8 Å². The molecule has 7 nitrogen and oxygen atoms in total. The fourth-order valence-corrected chi connectivity index (χ4v) is 2.42. The van der Waals surface area contributed by atoms with E-state index in [1.54, 1.807) is 18.2 Å². The number of furan rings is 1. The second kappa shape index (κ2) is 7.04. The molecule has 7 heteroatoms. The van der Waals surface area contributed by atoms with Crippen LogP contribution in [0, 0.1) is 0 Å². The van der Waals surface area contributed by atoms with Crippen LogP contribution in [-0.2, 0) is 17.6 Å². The molecule has 0 spiro atoms. The number of rotatable bonds is 7. The summed E-state index contributed by atoms with van der Waals surface area (Å²) in [5.74, 6) is -0.771. The molecule has 1 N–H and O–H groups in total. The van der Waals surface area contributed by atoms with Crippen molar-refractivity contribution < 1.29 is 18.8 Å². The predicted octanol–water partition coefficient (Wildman–Crippen LogP) is 2.19. The lowest BCUT2D eigenvalue weighted by Crippen LogP contribution is -2.18. The van der Waals surface area contributed by atoms with E-state index in [-0.39, 0.29) is 18.0 Å². The number of aromatic amines is 1. The molecule has 0 aliphatic heterocycles.